The number of rotatable bonds is 11. The second-order valence-electron chi connectivity index (χ2n) is 8.04. The quantitative estimate of drug-likeness (QED) is 0.219. The van der Waals surface area contributed by atoms with Crippen LogP contribution in [-0.4, -0.2) is 36.5 Å². The molecule has 3 aromatic rings. The molecule has 200 valence electrons. The summed E-state index contributed by atoms with van der Waals surface area (Å²) in [6, 6.07) is 16.6. The van der Waals surface area contributed by atoms with Crippen LogP contribution in [0.4, 0.5) is 36.4 Å². The highest BCUT2D eigenvalue weighted by atomic mass is 19.4. The van der Waals surface area contributed by atoms with E-state index in [-0.39, 0.29) is 12.2 Å². The first-order valence-corrected chi connectivity index (χ1v) is 10.9. The molecule has 0 aliphatic heterocycles. The van der Waals surface area contributed by atoms with Crippen LogP contribution in [0.3, 0.4) is 0 Å². The van der Waals surface area contributed by atoms with Crippen LogP contribution in [0, 0.1) is 0 Å². The number of halogens is 7. The fourth-order valence-electron chi connectivity index (χ4n) is 3.37. The van der Waals surface area contributed by atoms with Gasteiger partial charge in [0.15, 0.2) is 6.10 Å². The molecule has 0 radical (unpaired) electrons. The van der Waals surface area contributed by atoms with Crippen molar-refractivity contribution in [3.8, 4) is 11.5 Å². The summed E-state index contributed by atoms with van der Waals surface area (Å²) in [5.41, 5.74) is 7.50. The maximum absolute atomic E-state index is 13.4. The third-order valence-electron chi connectivity index (χ3n) is 5.14. The van der Waals surface area contributed by atoms with Crippen LogP contribution >= 0.6 is 0 Å². The number of aliphatic hydroxyl groups is 1. The molecule has 12 heteroatoms. The molecule has 3 rings (SSSR count). The second kappa shape index (κ2) is 11.7. The summed E-state index contributed by atoms with van der Waals surface area (Å²) in [6.07, 6.45) is -16.5. The van der Waals surface area contributed by atoms with Crippen molar-refractivity contribution < 1.29 is 45.3 Å². The summed E-state index contributed by atoms with van der Waals surface area (Å²) in [5.74, 6) is -0.292. The van der Waals surface area contributed by atoms with E-state index in [1.165, 1.54) is 24.3 Å². The van der Waals surface area contributed by atoms with Crippen molar-refractivity contribution in [1.29, 1.82) is 0 Å². The van der Waals surface area contributed by atoms with Gasteiger partial charge in [0.05, 0.1) is 6.04 Å². The van der Waals surface area contributed by atoms with Gasteiger partial charge in [-0.2, -0.15) is 30.7 Å². The summed E-state index contributed by atoms with van der Waals surface area (Å²) in [4.78, 5) is 0. The highest BCUT2D eigenvalue weighted by Crippen LogP contribution is 2.32. The number of anilines is 1. The van der Waals surface area contributed by atoms with Gasteiger partial charge in [-0.3, -0.25) is 0 Å². The van der Waals surface area contributed by atoms with Gasteiger partial charge in [-0.1, -0.05) is 36.4 Å². The first-order chi connectivity index (χ1) is 17.3. The Bertz CT molecular complexity index is 1170. The lowest BCUT2D eigenvalue weighted by Crippen LogP contribution is -2.40. The number of nitrogen functional groups attached to an aromatic ring is 1. The predicted molar refractivity (Wildman–Crippen MR) is 122 cm³/mol. The van der Waals surface area contributed by atoms with E-state index < -0.39 is 43.2 Å². The molecule has 0 aliphatic rings. The third kappa shape index (κ3) is 7.99. The van der Waals surface area contributed by atoms with Crippen LogP contribution in [0.5, 0.6) is 11.5 Å². The molecule has 0 aromatic heterocycles. The number of nitrogens with two attached hydrogens (primary N) is 1. The number of hydrogen-bond acceptors (Lipinski definition) is 5. The van der Waals surface area contributed by atoms with E-state index in [9.17, 15) is 35.8 Å². The van der Waals surface area contributed by atoms with E-state index in [4.69, 9.17) is 10.5 Å². The lowest BCUT2D eigenvalue weighted by Gasteiger charge is -2.24. The molecule has 4 N–H and O–H groups in total. The molecule has 0 heterocycles. The van der Waals surface area contributed by atoms with Crippen molar-refractivity contribution in [2.75, 3.05) is 12.3 Å². The van der Waals surface area contributed by atoms with Crippen LogP contribution in [0.15, 0.2) is 72.8 Å². The molecule has 2 unspecified atom stereocenters. The Morgan fingerprint density at radius 3 is 2.03 bits per heavy atom. The van der Waals surface area contributed by atoms with Gasteiger partial charge in [-0.05, 0) is 53.1 Å². The molecule has 0 fully saturated rings. The first kappa shape index (κ1) is 28.1. The Kier molecular flexibility index (Phi) is 8.87. The van der Waals surface area contributed by atoms with Gasteiger partial charge in [0.25, 0.3) is 0 Å². The highest BCUT2D eigenvalue weighted by Gasteiger charge is 2.44. The smallest absolute Gasteiger partial charge is 0.461 e. The van der Waals surface area contributed by atoms with E-state index in [1.54, 1.807) is 36.4 Å². The number of aliphatic hydroxyl groups excluding tert-OH is 1. The summed E-state index contributed by atoms with van der Waals surface area (Å²) in [5, 5.41) is 12.0. The predicted octanol–water partition coefficient (Wildman–Crippen LogP) is 5.69. The van der Waals surface area contributed by atoms with Crippen molar-refractivity contribution >= 4 is 5.69 Å². The summed E-state index contributed by atoms with van der Waals surface area (Å²) in [7, 11) is 0. The fourth-order valence-corrected chi connectivity index (χ4v) is 3.37. The zero-order valence-corrected chi connectivity index (χ0v) is 19.1. The summed E-state index contributed by atoms with van der Waals surface area (Å²) in [6.45, 7) is -0.813. The molecule has 0 spiro atoms. The van der Waals surface area contributed by atoms with Gasteiger partial charge in [0.1, 0.15) is 18.1 Å². The van der Waals surface area contributed by atoms with Crippen molar-refractivity contribution in [2.45, 2.75) is 37.5 Å². The van der Waals surface area contributed by atoms with Crippen LogP contribution in [-0.2, 0) is 6.61 Å². The van der Waals surface area contributed by atoms with Gasteiger partial charge in [-0.15, -0.1) is 0 Å². The third-order valence-corrected chi connectivity index (χ3v) is 5.14. The normalized spacial score (nSPS) is 13.9. The Morgan fingerprint density at radius 2 is 1.43 bits per heavy atom. The van der Waals surface area contributed by atoms with Crippen LogP contribution in [0.25, 0.3) is 0 Å². The van der Waals surface area contributed by atoms with Gasteiger partial charge < -0.3 is 25.6 Å². The average Bonchev–Trinajstić information content (AvgIpc) is 2.82. The number of alkyl halides is 7. The second-order valence-corrected chi connectivity index (χ2v) is 8.04. The monoisotopic (exact) mass is 532 g/mol. The van der Waals surface area contributed by atoms with Gasteiger partial charge in [0, 0.05) is 12.2 Å². The fraction of sp³-hybridized carbons (Fsp3) is 0.280. The first-order valence-electron chi connectivity index (χ1n) is 10.9. The van der Waals surface area contributed by atoms with E-state index in [1.807, 2.05) is 0 Å². The molecule has 5 nitrogen and oxygen atoms in total. The summed E-state index contributed by atoms with van der Waals surface area (Å²) < 4.78 is 100. The minimum Gasteiger partial charge on any atom is -0.489 e. The minimum absolute atomic E-state index is 0.116. The maximum Gasteiger partial charge on any atom is 0.461 e. The zero-order valence-electron chi connectivity index (χ0n) is 19.1. The number of nitrogens with one attached hydrogen (secondary N) is 1. The lowest BCUT2D eigenvalue weighted by molar-refractivity contribution is -0.253. The van der Waals surface area contributed by atoms with Gasteiger partial charge in [-0.25, -0.2) is 0 Å². The van der Waals surface area contributed by atoms with Gasteiger partial charge in [0.2, 0.25) is 0 Å². The van der Waals surface area contributed by atoms with E-state index in [0.29, 0.717) is 17.0 Å². The number of ether oxygens (including phenoxy) is 2. The molecule has 37 heavy (non-hydrogen) atoms. The van der Waals surface area contributed by atoms with Crippen molar-refractivity contribution in [2.24, 2.45) is 0 Å². The number of benzene rings is 3. The SMILES string of the molecule is Nc1cccc(COc2cccc(C(NCC(O)C(F)(F)F)c3cccc(OC(F)(F)C(F)F)c3)c2)c1. The van der Waals surface area contributed by atoms with Crippen LogP contribution in [0.1, 0.15) is 22.7 Å². The van der Waals surface area contributed by atoms with Crippen molar-refractivity contribution in [3.63, 3.8) is 0 Å². The molecule has 0 bridgehead atoms. The van der Waals surface area contributed by atoms with E-state index >= 15 is 0 Å². The zero-order chi connectivity index (χ0) is 27.2. The van der Waals surface area contributed by atoms with Gasteiger partial charge >= 0.3 is 18.7 Å². The average molecular weight is 532 g/mol. The minimum atomic E-state index is -4.91. The molecular formula is C25H23F7N2O3. The van der Waals surface area contributed by atoms with E-state index in [2.05, 4.69) is 10.1 Å². The van der Waals surface area contributed by atoms with Crippen LogP contribution in [0.2, 0.25) is 0 Å². The Morgan fingerprint density at radius 1 is 0.838 bits per heavy atom. The lowest BCUT2D eigenvalue weighted by atomic mass is 9.98. The van der Waals surface area contributed by atoms with Crippen LogP contribution < -0.4 is 20.5 Å². The Hall–Kier alpha value is -3.51. The Balaban J connectivity index is 1.89. The van der Waals surface area contributed by atoms with E-state index in [0.717, 1.165) is 17.7 Å². The molecule has 2 atom stereocenters. The molecule has 0 aliphatic carbocycles. The Labute approximate surface area is 207 Å². The molecular weight excluding hydrogens is 509 g/mol. The topological polar surface area (TPSA) is 76.7 Å². The van der Waals surface area contributed by atoms with Crippen molar-refractivity contribution in [3.05, 3.63) is 89.5 Å². The highest BCUT2D eigenvalue weighted by molar-refractivity contribution is 5.42. The maximum atomic E-state index is 13.4. The molecule has 0 amide bonds. The summed E-state index contributed by atoms with van der Waals surface area (Å²) >= 11 is 0. The molecule has 3 aromatic carbocycles. The molecule has 0 saturated carbocycles. The standard InChI is InChI=1S/C25H23F7N2O3/c26-23(27)25(31,32)37-20-9-3-6-17(12-20)22(34-13-21(35)24(28,29)30)16-5-2-8-19(11-16)36-14-15-4-1-7-18(33)10-15/h1-12,21-23,34-35H,13-14,33H2. The van der Waals surface area contributed by atoms with Crippen molar-refractivity contribution in [1.82, 2.24) is 5.32 Å². The number of hydrogen-bond donors (Lipinski definition) is 3. The largest absolute Gasteiger partial charge is 0.489 e. The molecule has 0 saturated heterocycles.